The Kier molecular flexibility index (Phi) is 4.97. The van der Waals surface area contributed by atoms with Crippen molar-refractivity contribution in [1.29, 1.82) is 0 Å². The first-order chi connectivity index (χ1) is 8.02. The van der Waals surface area contributed by atoms with Crippen molar-refractivity contribution in [3.8, 4) is 0 Å². The van der Waals surface area contributed by atoms with Crippen molar-refractivity contribution in [2.24, 2.45) is 0 Å². The van der Waals surface area contributed by atoms with Gasteiger partial charge in [-0.15, -0.1) is 0 Å². The van der Waals surface area contributed by atoms with Crippen LogP contribution in [-0.4, -0.2) is 45.7 Å². The van der Waals surface area contributed by atoms with E-state index in [0.717, 1.165) is 12.2 Å². The monoisotopic (exact) mass is 236 g/mol. The molecule has 0 saturated heterocycles. The lowest BCUT2D eigenvalue weighted by atomic mass is 10.2. The third-order valence-corrected chi connectivity index (χ3v) is 2.47. The SMILES string of the molecule is COC(=O)CN(C)c1ccc(CN(C)C)cc1. The summed E-state index contributed by atoms with van der Waals surface area (Å²) in [5.74, 6) is -0.232. The largest absolute Gasteiger partial charge is 0.468 e. The van der Waals surface area contributed by atoms with Gasteiger partial charge in [0.25, 0.3) is 0 Å². The lowest BCUT2D eigenvalue weighted by Gasteiger charge is -2.18. The highest BCUT2D eigenvalue weighted by Gasteiger charge is 2.07. The summed E-state index contributed by atoms with van der Waals surface area (Å²) in [4.78, 5) is 15.1. The number of carbonyl (C=O) groups is 1. The van der Waals surface area contributed by atoms with Crippen LogP contribution in [0.15, 0.2) is 24.3 Å². The first kappa shape index (κ1) is 13.5. The molecule has 4 nitrogen and oxygen atoms in total. The predicted molar refractivity (Wildman–Crippen MR) is 69.1 cm³/mol. The quantitative estimate of drug-likeness (QED) is 0.723. The molecule has 0 N–H and O–H groups in total. The average Bonchev–Trinajstić information content (AvgIpc) is 2.28. The van der Waals surface area contributed by atoms with Crippen LogP contribution in [0.25, 0.3) is 0 Å². The summed E-state index contributed by atoms with van der Waals surface area (Å²) in [6, 6.07) is 8.18. The maximum atomic E-state index is 11.1. The number of anilines is 1. The molecule has 0 spiro atoms. The zero-order valence-corrected chi connectivity index (χ0v) is 10.9. The molecule has 0 aliphatic rings. The number of benzene rings is 1. The highest BCUT2D eigenvalue weighted by atomic mass is 16.5. The number of hydrogen-bond acceptors (Lipinski definition) is 4. The number of hydrogen-bond donors (Lipinski definition) is 0. The van der Waals surface area contributed by atoms with E-state index in [1.807, 2.05) is 38.2 Å². The zero-order valence-electron chi connectivity index (χ0n) is 10.9. The summed E-state index contributed by atoms with van der Waals surface area (Å²) < 4.78 is 4.63. The molecule has 17 heavy (non-hydrogen) atoms. The van der Waals surface area contributed by atoms with E-state index < -0.39 is 0 Å². The van der Waals surface area contributed by atoms with Crippen molar-refractivity contribution in [2.75, 3.05) is 39.7 Å². The molecule has 0 bridgehead atoms. The van der Waals surface area contributed by atoms with Crippen molar-refractivity contribution >= 4 is 11.7 Å². The topological polar surface area (TPSA) is 32.8 Å². The number of nitrogens with zero attached hydrogens (tertiary/aromatic N) is 2. The fraction of sp³-hybridized carbons (Fsp3) is 0.462. The highest BCUT2D eigenvalue weighted by Crippen LogP contribution is 2.14. The van der Waals surface area contributed by atoms with E-state index >= 15 is 0 Å². The van der Waals surface area contributed by atoms with Crippen molar-refractivity contribution in [3.63, 3.8) is 0 Å². The molecular formula is C13H20N2O2. The average molecular weight is 236 g/mol. The second-order valence-corrected chi connectivity index (χ2v) is 4.34. The van der Waals surface area contributed by atoms with Gasteiger partial charge in [0, 0.05) is 19.3 Å². The zero-order chi connectivity index (χ0) is 12.8. The van der Waals surface area contributed by atoms with E-state index in [4.69, 9.17) is 0 Å². The Morgan fingerprint density at radius 1 is 1.18 bits per heavy atom. The predicted octanol–water partition coefficient (Wildman–Crippen LogP) is 1.36. The van der Waals surface area contributed by atoms with Gasteiger partial charge in [0.2, 0.25) is 0 Å². The smallest absolute Gasteiger partial charge is 0.325 e. The molecule has 0 fully saturated rings. The number of carbonyl (C=O) groups excluding carboxylic acids is 1. The van der Waals surface area contributed by atoms with E-state index in [1.165, 1.54) is 12.7 Å². The molecule has 0 aliphatic heterocycles. The fourth-order valence-electron chi connectivity index (χ4n) is 1.57. The molecule has 0 heterocycles. The van der Waals surface area contributed by atoms with Crippen molar-refractivity contribution in [2.45, 2.75) is 6.54 Å². The number of rotatable bonds is 5. The van der Waals surface area contributed by atoms with Crippen LogP contribution < -0.4 is 4.90 Å². The standard InChI is InChI=1S/C13H20N2O2/c1-14(2)9-11-5-7-12(8-6-11)15(3)10-13(16)17-4/h5-8H,9-10H2,1-4H3. The Hall–Kier alpha value is -1.55. The number of ether oxygens (including phenoxy) is 1. The van der Waals surface area contributed by atoms with Crippen LogP contribution in [0.3, 0.4) is 0 Å². The van der Waals surface area contributed by atoms with Crippen LogP contribution in [0, 0.1) is 0 Å². The maximum Gasteiger partial charge on any atom is 0.325 e. The van der Waals surface area contributed by atoms with E-state index in [2.05, 4.69) is 21.8 Å². The maximum absolute atomic E-state index is 11.1. The van der Waals surface area contributed by atoms with Gasteiger partial charge in [0.15, 0.2) is 0 Å². The van der Waals surface area contributed by atoms with Crippen LogP contribution >= 0.6 is 0 Å². The summed E-state index contributed by atoms with van der Waals surface area (Å²) in [7, 11) is 7.35. The third kappa shape index (κ3) is 4.44. The second-order valence-electron chi connectivity index (χ2n) is 4.34. The first-order valence-electron chi connectivity index (χ1n) is 5.54. The van der Waals surface area contributed by atoms with Gasteiger partial charge in [-0.3, -0.25) is 4.79 Å². The van der Waals surface area contributed by atoms with Crippen LogP contribution in [-0.2, 0) is 16.1 Å². The molecular weight excluding hydrogens is 216 g/mol. The molecule has 94 valence electrons. The molecule has 0 unspecified atom stereocenters. The normalized spacial score (nSPS) is 10.4. The number of esters is 1. The molecule has 0 radical (unpaired) electrons. The Bertz CT molecular complexity index is 360. The minimum Gasteiger partial charge on any atom is -0.468 e. The second kappa shape index (κ2) is 6.25. The minimum absolute atomic E-state index is 0.232. The van der Waals surface area contributed by atoms with Gasteiger partial charge >= 0.3 is 5.97 Å². The molecule has 1 aromatic rings. The summed E-state index contributed by atoms with van der Waals surface area (Å²) >= 11 is 0. The molecule has 1 rings (SSSR count). The van der Waals surface area contributed by atoms with Crippen molar-refractivity contribution < 1.29 is 9.53 Å². The van der Waals surface area contributed by atoms with Gasteiger partial charge in [0.05, 0.1) is 7.11 Å². The van der Waals surface area contributed by atoms with Crippen LogP contribution in [0.4, 0.5) is 5.69 Å². The number of methoxy groups -OCH3 is 1. The summed E-state index contributed by atoms with van der Waals surface area (Å²) in [5.41, 5.74) is 2.27. The van der Waals surface area contributed by atoms with Crippen LogP contribution in [0.1, 0.15) is 5.56 Å². The van der Waals surface area contributed by atoms with E-state index in [-0.39, 0.29) is 12.5 Å². The fourth-order valence-corrected chi connectivity index (χ4v) is 1.57. The lowest BCUT2D eigenvalue weighted by molar-refractivity contribution is -0.138. The van der Waals surface area contributed by atoms with Gasteiger partial charge in [-0.05, 0) is 31.8 Å². The Morgan fingerprint density at radius 3 is 2.24 bits per heavy atom. The molecule has 0 aromatic heterocycles. The molecule has 4 heteroatoms. The van der Waals surface area contributed by atoms with Crippen molar-refractivity contribution in [3.05, 3.63) is 29.8 Å². The Balaban J connectivity index is 2.63. The van der Waals surface area contributed by atoms with Gasteiger partial charge in [-0.2, -0.15) is 0 Å². The molecule has 0 amide bonds. The van der Waals surface area contributed by atoms with E-state index in [9.17, 15) is 4.79 Å². The lowest BCUT2D eigenvalue weighted by Crippen LogP contribution is -2.26. The van der Waals surface area contributed by atoms with Gasteiger partial charge in [-0.25, -0.2) is 0 Å². The molecule has 0 aliphatic carbocycles. The van der Waals surface area contributed by atoms with E-state index in [0.29, 0.717) is 0 Å². The highest BCUT2D eigenvalue weighted by molar-refractivity contribution is 5.75. The van der Waals surface area contributed by atoms with Gasteiger partial charge in [-0.1, -0.05) is 12.1 Å². The van der Waals surface area contributed by atoms with Crippen LogP contribution in [0.2, 0.25) is 0 Å². The first-order valence-corrected chi connectivity index (χ1v) is 5.54. The van der Waals surface area contributed by atoms with Gasteiger partial charge < -0.3 is 14.5 Å². The Morgan fingerprint density at radius 2 is 1.76 bits per heavy atom. The summed E-state index contributed by atoms with van der Waals surface area (Å²) in [5, 5.41) is 0. The number of likely N-dealkylation sites (N-methyl/N-ethyl adjacent to an activating group) is 1. The third-order valence-electron chi connectivity index (χ3n) is 2.47. The Labute approximate surface area is 103 Å². The molecule has 0 saturated carbocycles. The van der Waals surface area contributed by atoms with Crippen molar-refractivity contribution in [1.82, 2.24) is 4.90 Å². The summed E-state index contributed by atoms with van der Waals surface area (Å²) in [6.45, 7) is 1.19. The van der Waals surface area contributed by atoms with Gasteiger partial charge in [0.1, 0.15) is 6.54 Å². The summed E-state index contributed by atoms with van der Waals surface area (Å²) in [6.07, 6.45) is 0. The van der Waals surface area contributed by atoms with E-state index in [1.54, 1.807) is 0 Å². The van der Waals surface area contributed by atoms with Crippen LogP contribution in [0.5, 0.6) is 0 Å². The molecule has 1 aromatic carbocycles. The molecule has 0 atom stereocenters. The minimum atomic E-state index is -0.232.